The second-order valence-corrected chi connectivity index (χ2v) is 10.0. The monoisotopic (exact) mass is 516 g/mol. The van der Waals surface area contributed by atoms with Crippen molar-refractivity contribution < 1.29 is 9.59 Å². The number of nitrogens with one attached hydrogen (secondary N) is 2. The van der Waals surface area contributed by atoms with Crippen LogP contribution in [-0.2, 0) is 17.9 Å². The van der Waals surface area contributed by atoms with Crippen molar-refractivity contribution in [1.82, 2.24) is 9.80 Å². The molecule has 0 spiro atoms. The zero-order chi connectivity index (χ0) is 27.4. The zero-order valence-electron chi connectivity index (χ0n) is 22.4. The third-order valence-corrected chi connectivity index (χ3v) is 6.70. The number of carbonyl (C=O) groups excluding carboxylic acids is 2. The van der Waals surface area contributed by atoms with E-state index in [9.17, 15) is 9.59 Å². The molecule has 6 nitrogen and oxygen atoms in total. The van der Waals surface area contributed by atoms with Crippen LogP contribution in [0, 0.1) is 0 Å². The lowest BCUT2D eigenvalue weighted by atomic mass is 9.98. The number of hydrogen-bond donors (Lipinski definition) is 2. The fraction of sp³-hybridized carbons (Fsp3) is 0.152. The molecule has 0 radical (unpaired) electrons. The Bertz CT molecular complexity index is 1510. The molecular formula is C33H32N4O2. The van der Waals surface area contributed by atoms with Crippen molar-refractivity contribution in [2.75, 3.05) is 31.8 Å². The Kier molecular flexibility index (Phi) is 7.57. The number of nitrogens with zero attached hydrogens (tertiary/aromatic N) is 2. The van der Waals surface area contributed by atoms with Gasteiger partial charge in [0.1, 0.15) is 0 Å². The van der Waals surface area contributed by atoms with Gasteiger partial charge in [0.25, 0.3) is 11.8 Å². The summed E-state index contributed by atoms with van der Waals surface area (Å²) in [4.78, 5) is 29.7. The average Bonchev–Trinajstić information content (AvgIpc) is 3.27. The van der Waals surface area contributed by atoms with Crippen LogP contribution in [0.15, 0.2) is 103 Å². The fourth-order valence-electron chi connectivity index (χ4n) is 4.79. The van der Waals surface area contributed by atoms with Gasteiger partial charge in [0.15, 0.2) is 0 Å². The second-order valence-electron chi connectivity index (χ2n) is 10.0. The molecule has 0 saturated heterocycles. The molecule has 2 N–H and O–H groups in total. The first kappa shape index (κ1) is 25.9. The first-order chi connectivity index (χ1) is 18.9. The highest BCUT2D eigenvalue weighted by molar-refractivity contribution is 6.37. The molecule has 0 fully saturated rings. The first-order valence-electron chi connectivity index (χ1n) is 12.9. The van der Waals surface area contributed by atoms with E-state index < -0.39 is 0 Å². The van der Waals surface area contributed by atoms with Crippen LogP contribution in [0.3, 0.4) is 0 Å². The molecule has 196 valence electrons. The van der Waals surface area contributed by atoms with Gasteiger partial charge in [0.05, 0.1) is 11.3 Å². The zero-order valence-corrected chi connectivity index (χ0v) is 22.4. The van der Waals surface area contributed by atoms with Crippen molar-refractivity contribution in [3.63, 3.8) is 0 Å². The first-order valence-corrected chi connectivity index (χ1v) is 12.9. The van der Waals surface area contributed by atoms with E-state index in [0.29, 0.717) is 28.1 Å². The predicted octanol–water partition coefficient (Wildman–Crippen LogP) is 5.95. The summed E-state index contributed by atoms with van der Waals surface area (Å²) < 4.78 is 0. The highest BCUT2D eigenvalue weighted by Crippen LogP contribution is 2.38. The van der Waals surface area contributed by atoms with Crippen LogP contribution in [0.1, 0.15) is 32.6 Å². The van der Waals surface area contributed by atoms with Gasteiger partial charge in [-0.05, 0) is 54.1 Å². The molecule has 39 heavy (non-hydrogen) atoms. The summed E-state index contributed by atoms with van der Waals surface area (Å²) >= 11 is 0. The Morgan fingerprint density at radius 2 is 1.36 bits per heavy atom. The summed E-state index contributed by atoms with van der Waals surface area (Å²) in [5, 5.41) is 6.47. The largest absolute Gasteiger partial charge is 0.354 e. The minimum absolute atomic E-state index is 0.112. The summed E-state index contributed by atoms with van der Waals surface area (Å²) in [6.07, 6.45) is 0. The van der Waals surface area contributed by atoms with Crippen molar-refractivity contribution in [1.29, 1.82) is 0 Å². The molecule has 0 aromatic heterocycles. The Morgan fingerprint density at radius 3 is 2.00 bits per heavy atom. The third kappa shape index (κ3) is 5.92. The summed E-state index contributed by atoms with van der Waals surface area (Å²) in [6, 6.07) is 33.8. The summed E-state index contributed by atoms with van der Waals surface area (Å²) in [5.74, 6) is -0.316. The van der Waals surface area contributed by atoms with Gasteiger partial charge in [-0.3, -0.25) is 14.5 Å². The van der Waals surface area contributed by atoms with Crippen LogP contribution in [0.4, 0.5) is 11.4 Å². The van der Waals surface area contributed by atoms with Gasteiger partial charge in [-0.15, -0.1) is 0 Å². The number of hydrogen-bond acceptors (Lipinski definition) is 4. The van der Waals surface area contributed by atoms with Gasteiger partial charge in [-0.1, -0.05) is 72.8 Å². The highest BCUT2D eigenvalue weighted by Gasteiger charge is 2.29. The van der Waals surface area contributed by atoms with Gasteiger partial charge in [0.2, 0.25) is 0 Å². The van der Waals surface area contributed by atoms with E-state index in [1.807, 2.05) is 48.5 Å². The SMILES string of the molecule is CN(Cc1ccccc1)Cc1ccc(N/C(=C2\C(=O)Nc3ccc(C(=O)N(C)C)cc32)c2ccccc2)cc1. The van der Waals surface area contributed by atoms with Crippen molar-refractivity contribution in [2.24, 2.45) is 0 Å². The van der Waals surface area contributed by atoms with Gasteiger partial charge in [-0.25, -0.2) is 0 Å². The smallest absolute Gasteiger partial charge is 0.258 e. The van der Waals surface area contributed by atoms with E-state index in [-0.39, 0.29) is 11.8 Å². The Balaban J connectivity index is 1.45. The molecule has 0 atom stereocenters. The van der Waals surface area contributed by atoms with Gasteiger partial charge < -0.3 is 15.5 Å². The molecule has 2 amide bonds. The molecule has 1 aliphatic heterocycles. The Morgan fingerprint density at radius 1 is 0.744 bits per heavy atom. The molecule has 5 rings (SSSR count). The van der Waals surface area contributed by atoms with E-state index in [1.165, 1.54) is 16.0 Å². The number of carbonyl (C=O) groups is 2. The third-order valence-electron chi connectivity index (χ3n) is 6.70. The van der Waals surface area contributed by atoms with E-state index in [2.05, 4.69) is 59.0 Å². The summed E-state index contributed by atoms with van der Waals surface area (Å²) in [6.45, 7) is 1.69. The molecule has 6 heteroatoms. The number of amides is 2. The predicted molar refractivity (Wildman–Crippen MR) is 158 cm³/mol. The topological polar surface area (TPSA) is 64.7 Å². The fourth-order valence-corrected chi connectivity index (χ4v) is 4.79. The van der Waals surface area contributed by atoms with Crippen molar-refractivity contribution in [3.05, 3.63) is 131 Å². The molecule has 4 aromatic carbocycles. The maximum atomic E-state index is 13.3. The molecular weight excluding hydrogens is 484 g/mol. The van der Waals surface area contributed by atoms with Crippen molar-refractivity contribution in [2.45, 2.75) is 13.1 Å². The average molecular weight is 517 g/mol. The lowest BCUT2D eigenvalue weighted by Crippen LogP contribution is -2.21. The maximum absolute atomic E-state index is 13.3. The van der Waals surface area contributed by atoms with E-state index in [4.69, 9.17) is 0 Å². The van der Waals surface area contributed by atoms with Crippen LogP contribution in [0.25, 0.3) is 11.3 Å². The van der Waals surface area contributed by atoms with Crippen molar-refractivity contribution >= 4 is 34.5 Å². The van der Waals surface area contributed by atoms with Gasteiger partial charge in [0, 0.05) is 49.7 Å². The molecule has 4 aromatic rings. The number of anilines is 2. The Labute approximate surface area is 229 Å². The molecule has 1 heterocycles. The van der Waals surface area contributed by atoms with Crippen molar-refractivity contribution in [3.8, 4) is 0 Å². The van der Waals surface area contributed by atoms with Crippen LogP contribution < -0.4 is 10.6 Å². The summed E-state index contributed by atoms with van der Waals surface area (Å²) in [7, 11) is 5.55. The quantitative estimate of drug-likeness (QED) is 0.284. The molecule has 0 aliphatic carbocycles. The molecule has 0 unspecified atom stereocenters. The minimum Gasteiger partial charge on any atom is -0.354 e. The van der Waals surface area contributed by atoms with E-state index in [1.54, 1.807) is 32.3 Å². The van der Waals surface area contributed by atoms with E-state index >= 15 is 0 Å². The van der Waals surface area contributed by atoms with Gasteiger partial charge >= 0.3 is 0 Å². The van der Waals surface area contributed by atoms with E-state index in [0.717, 1.165) is 24.3 Å². The minimum atomic E-state index is -0.204. The van der Waals surface area contributed by atoms with Crippen LogP contribution in [0.2, 0.25) is 0 Å². The van der Waals surface area contributed by atoms with Crippen LogP contribution >= 0.6 is 0 Å². The summed E-state index contributed by atoms with van der Waals surface area (Å²) in [5.41, 5.74) is 7.36. The highest BCUT2D eigenvalue weighted by atomic mass is 16.2. The normalized spacial score (nSPS) is 13.6. The maximum Gasteiger partial charge on any atom is 0.258 e. The van der Waals surface area contributed by atoms with Gasteiger partial charge in [-0.2, -0.15) is 0 Å². The lowest BCUT2D eigenvalue weighted by Gasteiger charge is -2.18. The number of fused-ring (bicyclic) bond motifs is 1. The van der Waals surface area contributed by atoms with Crippen LogP contribution in [-0.4, -0.2) is 42.8 Å². The second kappa shape index (κ2) is 11.4. The molecule has 0 bridgehead atoms. The molecule has 0 saturated carbocycles. The number of rotatable bonds is 8. The standard InChI is InChI=1S/C33H32N4O2/c1-36(2)33(39)26-16-19-29-28(20-26)30(32(38)35-29)31(25-12-8-5-9-13-25)34-27-17-14-24(15-18-27)22-37(3)21-23-10-6-4-7-11-23/h4-20,34H,21-22H2,1-3H3,(H,35,38)/b31-30-. The number of benzene rings is 4. The lowest BCUT2D eigenvalue weighted by molar-refractivity contribution is -0.110. The Hall–Kier alpha value is -4.68. The molecule has 1 aliphatic rings. The van der Waals surface area contributed by atoms with Crippen LogP contribution in [0.5, 0.6) is 0 Å².